The number of carbonyl (C=O) groups excluding carboxylic acids is 2. The van der Waals surface area contributed by atoms with E-state index < -0.39 is 17.8 Å². The Morgan fingerprint density at radius 2 is 1.58 bits per heavy atom. The van der Waals surface area contributed by atoms with Gasteiger partial charge in [-0.1, -0.05) is 60.7 Å². The predicted molar refractivity (Wildman–Crippen MR) is 161 cm³/mol. The normalized spacial score (nSPS) is 15.6. The molecule has 0 aromatic heterocycles. The first-order chi connectivity index (χ1) is 20.7. The molecular formula is C34H32F3N3O3. The van der Waals surface area contributed by atoms with Crippen LogP contribution in [0.3, 0.4) is 0 Å². The van der Waals surface area contributed by atoms with E-state index in [1.807, 2.05) is 54.6 Å². The molecule has 1 aliphatic rings. The number of ether oxygens (including phenoxy) is 1. The van der Waals surface area contributed by atoms with Crippen molar-refractivity contribution in [3.63, 3.8) is 0 Å². The lowest BCUT2D eigenvalue weighted by atomic mass is 9.98. The highest BCUT2D eigenvalue weighted by Crippen LogP contribution is 2.32. The molecule has 0 saturated carbocycles. The van der Waals surface area contributed by atoms with Gasteiger partial charge >= 0.3 is 12.1 Å². The van der Waals surface area contributed by atoms with Gasteiger partial charge in [0.15, 0.2) is 0 Å². The van der Waals surface area contributed by atoms with E-state index in [-0.39, 0.29) is 17.9 Å². The van der Waals surface area contributed by atoms with Gasteiger partial charge in [0.2, 0.25) is 0 Å². The summed E-state index contributed by atoms with van der Waals surface area (Å²) in [6.45, 7) is 3.61. The Kier molecular flexibility index (Phi) is 9.11. The van der Waals surface area contributed by atoms with Crippen LogP contribution in [0.2, 0.25) is 0 Å². The van der Waals surface area contributed by atoms with Gasteiger partial charge in [0.1, 0.15) is 6.04 Å². The molecule has 1 saturated heterocycles. The van der Waals surface area contributed by atoms with Crippen LogP contribution in [-0.4, -0.2) is 37.6 Å². The molecular weight excluding hydrogens is 555 g/mol. The van der Waals surface area contributed by atoms with E-state index in [9.17, 15) is 22.8 Å². The van der Waals surface area contributed by atoms with E-state index in [1.165, 1.54) is 12.1 Å². The topological polar surface area (TPSA) is 70.7 Å². The van der Waals surface area contributed by atoms with Crippen molar-refractivity contribution >= 4 is 23.3 Å². The molecule has 222 valence electrons. The van der Waals surface area contributed by atoms with Gasteiger partial charge in [-0.25, -0.2) is 4.79 Å². The highest BCUT2D eigenvalue weighted by molar-refractivity contribution is 6.08. The van der Waals surface area contributed by atoms with Gasteiger partial charge in [-0.2, -0.15) is 13.2 Å². The minimum atomic E-state index is -4.43. The van der Waals surface area contributed by atoms with Crippen molar-refractivity contribution in [2.45, 2.75) is 31.6 Å². The van der Waals surface area contributed by atoms with Crippen molar-refractivity contribution in [2.75, 3.05) is 29.9 Å². The van der Waals surface area contributed by atoms with E-state index in [0.717, 1.165) is 36.3 Å². The molecule has 6 nitrogen and oxygen atoms in total. The number of rotatable bonds is 9. The number of nitrogens with zero attached hydrogens (tertiary/aromatic N) is 1. The number of esters is 1. The summed E-state index contributed by atoms with van der Waals surface area (Å²) in [6.07, 6.45) is -3.58. The summed E-state index contributed by atoms with van der Waals surface area (Å²) in [5.74, 6) is -0.660. The standard InChI is InChI=1S/C34H32F3N3O3/c1-2-43-33(42)31(24-8-4-3-5-9-24)38-27-20-21-40(22-27)28-18-16-26(17-19-28)39-32(41)30-11-7-6-10-29(30)23-12-14-25(15-13-23)34(35,36)37/h3-19,27,31,38H,2,20-22H2,1H3,(H,39,41). The quantitative estimate of drug-likeness (QED) is 0.205. The number of benzene rings is 4. The number of carbonyl (C=O) groups is 2. The lowest BCUT2D eigenvalue weighted by molar-refractivity contribution is -0.146. The third kappa shape index (κ3) is 7.24. The largest absolute Gasteiger partial charge is 0.465 e. The summed E-state index contributed by atoms with van der Waals surface area (Å²) in [4.78, 5) is 28.1. The number of hydrogen-bond donors (Lipinski definition) is 2. The molecule has 1 fully saturated rings. The van der Waals surface area contributed by atoms with Crippen molar-refractivity contribution in [3.05, 3.63) is 120 Å². The minimum absolute atomic E-state index is 0.0793. The summed E-state index contributed by atoms with van der Waals surface area (Å²) < 4.78 is 44.3. The van der Waals surface area contributed by atoms with Crippen LogP contribution in [0.1, 0.15) is 40.9 Å². The van der Waals surface area contributed by atoms with Gasteiger partial charge in [0, 0.05) is 36.1 Å². The molecule has 4 aromatic rings. The third-order valence-electron chi connectivity index (χ3n) is 7.43. The van der Waals surface area contributed by atoms with Crippen LogP contribution in [0.25, 0.3) is 11.1 Å². The molecule has 0 aliphatic carbocycles. The number of anilines is 2. The molecule has 0 bridgehead atoms. The van der Waals surface area contributed by atoms with Crippen LogP contribution < -0.4 is 15.5 Å². The molecule has 2 atom stereocenters. The fourth-order valence-electron chi connectivity index (χ4n) is 5.26. The lowest BCUT2D eigenvalue weighted by Gasteiger charge is -2.23. The molecule has 0 radical (unpaired) electrons. The van der Waals surface area contributed by atoms with Crippen LogP contribution in [0.4, 0.5) is 24.5 Å². The average Bonchev–Trinajstić information content (AvgIpc) is 3.49. The molecule has 9 heteroatoms. The molecule has 2 N–H and O–H groups in total. The van der Waals surface area contributed by atoms with Gasteiger partial charge < -0.3 is 15.0 Å². The van der Waals surface area contributed by atoms with E-state index >= 15 is 0 Å². The van der Waals surface area contributed by atoms with Crippen LogP contribution in [0.15, 0.2) is 103 Å². The Morgan fingerprint density at radius 3 is 2.26 bits per heavy atom. The summed E-state index contributed by atoms with van der Waals surface area (Å²) >= 11 is 0. The van der Waals surface area contributed by atoms with Crippen molar-refractivity contribution in [1.29, 1.82) is 0 Å². The lowest BCUT2D eigenvalue weighted by Crippen LogP contribution is -2.39. The van der Waals surface area contributed by atoms with Gasteiger partial charge in [-0.15, -0.1) is 0 Å². The number of amides is 1. The summed E-state index contributed by atoms with van der Waals surface area (Å²) in [5, 5.41) is 6.37. The maximum absolute atomic E-state index is 13.2. The van der Waals surface area contributed by atoms with Gasteiger partial charge in [0.25, 0.3) is 5.91 Å². The predicted octanol–water partition coefficient (Wildman–Crippen LogP) is 7.10. The SMILES string of the molecule is CCOC(=O)C(NC1CCN(c2ccc(NC(=O)c3ccccc3-c3ccc(C(F)(F)F)cc3)cc2)C1)c1ccccc1. The average molecular weight is 588 g/mol. The Morgan fingerprint density at radius 1 is 0.907 bits per heavy atom. The van der Waals surface area contributed by atoms with Gasteiger partial charge in [-0.3, -0.25) is 10.1 Å². The zero-order valence-electron chi connectivity index (χ0n) is 23.6. The summed E-state index contributed by atoms with van der Waals surface area (Å²) in [7, 11) is 0. The maximum Gasteiger partial charge on any atom is 0.416 e. The molecule has 1 amide bonds. The smallest absolute Gasteiger partial charge is 0.416 e. The van der Waals surface area contributed by atoms with E-state index in [2.05, 4.69) is 15.5 Å². The van der Waals surface area contributed by atoms with Crippen LogP contribution >= 0.6 is 0 Å². The zero-order valence-corrected chi connectivity index (χ0v) is 23.6. The van der Waals surface area contributed by atoms with E-state index in [4.69, 9.17) is 4.74 Å². The molecule has 2 unspecified atom stereocenters. The fraction of sp³-hybridized carbons (Fsp3) is 0.235. The number of nitrogens with one attached hydrogen (secondary N) is 2. The molecule has 5 rings (SSSR count). The van der Waals surface area contributed by atoms with E-state index in [0.29, 0.717) is 35.5 Å². The first-order valence-electron chi connectivity index (χ1n) is 14.1. The summed E-state index contributed by atoms with van der Waals surface area (Å²) in [5.41, 5.74) is 3.11. The number of alkyl halides is 3. The second-order valence-electron chi connectivity index (χ2n) is 10.3. The Bertz CT molecular complexity index is 1540. The zero-order chi connectivity index (χ0) is 30.4. The third-order valence-corrected chi connectivity index (χ3v) is 7.43. The highest BCUT2D eigenvalue weighted by Gasteiger charge is 2.31. The molecule has 1 aliphatic heterocycles. The molecule has 1 heterocycles. The van der Waals surface area contributed by atoms with Crippen molar-refractivity contribution < 1.29 is 27.5 Å². The van der Waals surface area contributed by atoms with Gasteiger partial charge in [0.05, 0.1) is 12.2 Å². The maximum atomic E-state index is 13.2. The molecule has 43 heavy (non-hydrogen) atoms. The van der Waals surface area contributed by atoms with Crippen LogP contribution in [0, 0.1) is 0 Å². The first-order valence-corrected chi connectivity index (χ1v) is 14.1. The highest BCUT2D eigenvalue weighted by atomic mass is 19.4. The van der Waals surface area contributed by atoms with Crippen LogP contribution in [-0.2, 0) is 15.7 Å². The summed E-state index contributed by atoms with van der Waals surface area (Å²) in [6, 6.07) is 28.2. The number of halogens is 3. The number of hydrogen-bond acceptors (Lipinski definition) is 5. The Labute approximate surface area is 248 Å². The second-order valence-corrected chi connectivity index (χ2v) is 10.3. The van der Waals surface area contributed by atoms with Crippen molar-refractivity contribution in [3.8, 4) is 11.1 Å². The first kappa shape index (κ1) is 29.8. The molecule has 0 spiro atoms. The minimum Gasteiger partial charge on any atom is -0.465 e. The Balaban J connectivity index is 1.23. The van der Waals surface area contributed by atoms with E-state index in [1.54, 1.807) is 31.2 Å². The fourth-order valence-corrected chi connectivity index (χ4v) is 5.26. The molecule has 4 aromatic carbocycles. The monoisotopic (exact) mass is 587 g/mol. The van der Waals surface area contributed by atoms with Gasteiger partial charge in [-0.05, 0) is 72.5 Å². The Hall–Kier alpha value is -4.63. The van der Waals surface area contributed by atoms with Crippen molar-refractivity contribution in [1.82, 2.24) is 5.32 Å². The van der Waals surface area contributed by atoms with Crippen LogP contribution in [0.5, 0.6) is 0 Å². The van der Waals surface area contributed by atoms with Crippen molar-refractivity contribution in [2.24, 2.45) is 0 Å². The second kappa shape index (κ2) is 13.1.